The van der Waals surface area contributed by atoms with Gasteiger partial charge in [-0.25, -0.2) is 9.37 Å². The number of rotatable bonds is 3. The number of hydrogen-bond donors (Lipinski definition) is 2. The van der Waals surface area contributed by atoms with Crippen LogP contribution in [0.2, 0.25) is 0 Å². The molecule has 2 aromatic rings. The lowest BCUT2D eigenvalue weighted by molar-refractivity contribution is 0.631. The molecule has 0 saturated carbocycles. The van der Waals surface area contributed by atoms with Gasteiger partial charge in [-0.3, -0.25) is 0 Å². The summed E-state index contributed by atoms with van der Waals surface area (Å²) in [5.74, 6) is 0.158. The van der Waals surface area contributed by atoms with Gasteiger partial charge in [0.25, 0.3) is 0 Å². The van der Waals surface area contributed by atoms with Gasteiger partial charge in [0, 0.05) is 16.2 Å². The molecule has 0 atom stereocenters. The van der Waals surface area contributed by atoms with Gasteiger partial charge in [-0.05, 0) is 40.2 Å². The van der Waals surface area contributed by atoms with Crippen molar-refractivity contribution in [1.29, 1.82) is 0 Å². The van der Waals surface area contributed by atoms with Crippen LogP contribution in [0.3, 0.4) is 0 Å². The topological polar surface area (TPSA) is 50.9 Å². The Bertz CT molecular complexity index is 566. The summed E-state index contributed by atoms with van der Waals surface area (Å²) < 4.78 is 14.2. The van der Waals surface area contributed by atoms with E-state index in [0.29, 0.717) is 21.5 Å². The van der Waals surface area contributed by atoms with Gasteiger partial charge in [-0.2, -0.15) is 0 Å². The van der Waals surface area contributed by atoms with E-state index < -0.39 is 0 Å². The number of aromatic nitrogens is 1. The molecular weight excluding hydrogens is 317 g/mol. The van der Waals surface area contributed by atoms with Gasteiger partial charge in [0.2, 0.25) is 0 Å². The molecule has 2 rings (SSSR count). The maximum Gasteiger partial charge on any atom is 0.147 e. The van der Waals surface area contributed by atoms with Crippen molar-refractivity contribution in [3.8, 4) is 0 Å². The molecule has 0 aliphatic rings. The van der Waals surface area contributed by atoms with Crippen LogP contribution in [-0.4, -0.2) is 9.97 Å². The predicted molar refractivity (Wildman–Crippen MR) is 77.5 cm³/mol. The number of para-hydroxylation sites is 1. The largest absolute Gasteiger partial charge is 0.389 e. The maximum absolute atomic E-state index is 13.6. The lowest BCUT2D eigenvalue weighted by Crippen LogP contribution is -2.09. The first kappa shape index (κ1) is 12.9. The minimum atomic E-state index is -0.357. The van der Waals surface area contributed by atoms with E-state index in [1.54, 1.807) is 30.5 Å². The first-order chi connectivity index (χ1) is 8.58. The summed E-state index contributed by atoms with van der Waals surface area (Å²) in [6.07, 6.45) is 1.54. The predicted octanol–water partition coefficient (Wildman–Crippen LogP) is 3.36. The van der Waals surface area contributed by atoms with Crippen LogP contribution in [0.4, 0.5) is 15.9 Å². The third kappa shape index (κ3) is 2.83. The second-order valence-electron chi connectivity index (χ2n) is 3.52. The molecule has 0 radical (unpaired) electrons. The van der Waals surface area contributed by atoms with Crippen LogP contribution in [0, 0.1) is 5.82 Å². The second-order valence-corrected chi connectivity index (χ2v) is 4.81. The molecule has 6 heteroatoms. The number of halogens is 2. The first-order valence-electron chi connectivity index (χ1n) is 5.05. The molecular formula is C12H9BrFN3S. The highest BCUT2D eigenvalue weighted by Gasteiger charge is 2.07. The van der Waals surface area contributed by atoms with E-state index in [4.69, 9.17) is 18.0 Å². The Hall–Kier alpha value is -1.53. The SMILES string of the molecule is NC(=S)c1ccc(Nc2c(F)cccc2Br)nc1. The summed E-state index contributed by atoms with van der Waals surface area (Å²) >= 11 is 8.10. The van der Waals surface area contributed by atoms with Gasteiger partial charge in [0.05, 0.1) is 5.69 Å². The fourth-order valence-electron chi connectivity index (χ4n) is 1.36. The van der Waals surface area contributed by atoms with Crippen LogP contribution >= 0.6 is 28.1 Å². The molecule has 1 heterocycles. The Morgan fingerprint density at radius 2 is 2.11 bits per heavy atom. The number of anilines is 2. The smallest absolute Gasteiger partial charge is 0.147 e. The molecule has 0 saturated heterocycles. The Kier molecular flexibility index (Phi) is 3.88. The van der Waals surface area contributed by atoms with E-state index in [-0.39, 0.29) is 10.8 Å². The molecule has 3 nitrogen and oxygen atoms in total. The van der Waals surface area contributed by atoms with E-state index in [1.165, 1.54) is 6.07 Å². The molecule has 18 heavy (non-hydrogen) atoms. The maximum atomic E-state index is 13.6. The normalized spacial score (nSPS) is 10.1. The molecule has 0 bridgehead atoms. The molecule has 1 aromatic heterocycles. The monoisotopic (exact) mass is 325 g/mol. The number of hydrogen-bond acceptors (Lipinski definition) is 3. The van der Waals surface area contributed by atoms with Crippen molar-refractivity contribution in [2.45, 2.75) is 0 Å². The van der Waals surface area contributed by atoms with Crippen molar-refractivity contribution >= 4 is 44.6 Å². The summed E-state index contributed by atoms with van der Waals surface area (Å²) in [6, 6.07) is 8.15. The highest BCUT2D eigenvalue weighted by Crippen LogP contribution is 2.27. The second kappa shape index (κ2) is 5.41. The zero-order chi connectivity index (χ0) is 13.1. The van der Waals surface area contributed by atoms with Gasteiger partial charge in [0.15, 0.2) is 0 Å². The van der Waals surface area contributed by atoms with Crippen molar-refractivity contribution in [2.75, 3.05) is 5.32 Å². The summed E-state index contributed by atoms with van der Waals surface area (Å²) in [4.78, 5) is 4.39. The fraction of sp³-hybridized carbons (Fsp3) is 0. The molecule has 0 spiro atoms. The van der Waals surface area contributed by atoms with E-state index >= 15 is 0 Å². The summed E-state index contributed by atoms with van der Waals surface area (Å²) in [5, 5.41) is 2.89. The van der Waals surface area contributed by atoms with Crippen LogP contribution < -0.4 is 11.1 Å². The number of pyridine rings is 1. The number of benzene rings is 1. The summed E-state index contributed by atoms with van der Waals surface area (Å²) in [6.45, 7) is 0. The highest BCUT2D eigenvalue weighted by atomic mass is 79.9. The average molecular weight is 326 g/mol. The number of nitrogens with zero attached hydrogens (tertiary/aromatic N) is 1. The highest BCUT2D eigenvalue weighted by molar-refractivity contribution is 9.10. The van der Waals surface area contributed by atoms with Crippen LogP contribution in [0.15, 0.2) is 41.0 Å². The number of nitrogens with one attached hydrogen (secondary N) is 1. The summed E-state index contributed by atoms with van der Waals surface area (Å²) in [5.41, 5.74) is 6.48. The number of nitrogens with two attached hydrogens (primary N) is 1. The first-order valence-corrected chi connectivity index (χ1v) is 6.25. The third-order valence-corrected chi connectivity index (χ3v) is 3.16. The molecule has 0 fully saturated rings. The molecule has 0 amide bonds. The van der Waals surface area contributed by atoms with Crippen molar-refractivity contribution in [1.82, 2.24) is 4.98 Å². The van der Waals surface area contributed by atoms with Crippen molar-refractivity contribution in [3.63, 3.8) is 0 Å². The van der Waals surface area contributed by atoms with E-state index in [1.807, 2.05) is 0 Å². The Labute approximate surface area is 117 Å². The van der Waals surface area contributed by atoms with Crippen LogP contribution in [0.25, 0.3) is 0 Å². The zero-order valence-electron chi connectivity index (χ0n) is 9.15. The van der Waals surface area contributed by atoms with Crippen LogP contribution in [0.1, 0.15) is 5.56 Å². The van der Waals surface area contributed by atoms with E-state index in [2.05, 4.69) is 26.2 Å². The Balaban J connectivity index is 2.26. The zero-order valence-corrected chi connectivity index (χ0v) is 11.6. The van der Waals surface area contributed by atoms with Crippen LogP contribution in [0.5, 0.6) is 0 Å². The quantitative estimate of drug-likeness (QED) is 0.849. The molecule has 1 aromatic carbocycles. The van der Waals surface area contributed by atoms with Gasteiger partial charge >= 0.3 is 0 Å². The number of thiocarbonyl (C=S) groups is 1. The molecule has 0 aliphatic carbocycles. The molecule has 92 valence electrons. The van der Waals surface area contributed by atoms with E-state index in [0.717, 1.165) is 0 Å². The van der Waals surface area contributed by atoms with E-state index in [9.17, 15) is 4.39 Å². The van der Waals surface area contributed by atoms with Crippen LogP contribution in [-0.2, 0) is 0 Å². The summed E-state index contributed by atoms with van der Waals surface area (Å²) in [7, 11) is 0. The van der Waals surface area contributed by atoms with Crippen molar-refractivity contribution < 1.29 is 4.39 Å². The molecule has 3 N–H and O–H groups in total. The van der Waals surface area contributed by atoms with Crippen molar-refractivity contribution in [3.05, 3.63) is 52.4 Å². The minimum absolute atomic E-state index is 0.279. The van der Waals surface area contributed by atoms with Gasteiger partial charge in [0.1, 0.15) is 16.6 Å². The molecule has 0 unspecified atom stereocenters. The lowest BCUT2D eigenvalue weighted by Gasteiger charge is -2.09. The lowest BCUT2D eigenvalue weighted by atomic mass is 10.2. The average Bonchev–Trinajstić information content (AvgIpc) is 2.34. The molecule has 0 aliphatic heterocycles. The van der Waals surface area contributed by atoms with Gasteiger partial charge in [-0.1, -0.05) is 18.3 Å². The standard InChI is InChI=1S/C12H9BrFN3S/c13-8-2-1-3-9(14)11(8)17-10-5-4-7(6-16-10)12(15)18/h1-6H,(H2,15,18)(H,16,17). The minimum Gasteiger partial charge on any atom is -0.389 e. The Morgan fingerprint density at radius 3 is 2.67 bits per heavy atom. The van der Waals surface area contributed by atoms with Gasteiger partial charge < -0.3 is 11.1 Å². The fourth-order valence-corrected chi connectivity index (χ4v) is 1.92. The van der Waals surface area contributed by atoms with Gasteiger partial charge in [-0.15, -0.1) is 0 Å². The third-order valence-electron chi connectivity index (χ3n) is 2.26. The van der Waals surface area contributed by atoms with Crippen molar-refractivity contribution in [2.24, 2.45) is 5.73 Å². The Morgan fingerprint density at radius 1 is 1.33 bits per heavy atom.